The van der Waals surface area contributed by atoms with Crippen molar-refractivity contribution in [2.24, 2.45) is 0 Å². The SMILES string of the molecule is C#CCN(CCCNC(=O)CCCCC[N+]1=C(/C=C/C2=C(Cl)C(=C/C=C3\[NH+](CCCCCC(=O)[O-])c4ccccc4C3(C)C)/CCC2)C(C)(C)c2ccccc21)CCCOc1ccc(Cl)cc1Cl.C#CCN(CCCOc1ccc(Cl)cc1Cl)CCCSC(=O)CCCCCN1/C(=C\C=C2/CCCC(/C=C/C3=[N+](CCCCCC(=O)O)c4ccccc4C3(C)C)=C2Cl)C(C)(C)c2ccccc21.[Br-]. The molecule has 4 heterocycles. The highest BCUT2D eigenvalue weighted by Crippen LogP contribution is 2.50. The van der Waals surface area contributed by atoms with Crippen LogP contribution in [0.3, 0.4) is 0 Å². The fraction of sp³-hybridized carbons (Fsp3) is 0.456. The van der Waals surface area contributed by atoms with Gasteiger partial charge < -0.3 is 51.7 Å². The monoisotopic (exact) mass is 2050 g/mol. The van der Waals surface area contributed by atoms with Crippen molar-refractivity contribution < 1.29 is 69.9 Å². The number of unbranched alkanes of at least 4 members (excludes halogenated alkanes) is 8. The summed E-state index contributed by atoms with van der Waals surface area (Å²) in [4.78, 5) is 56.1. The molecule has 6 aromatic rings. The van der Waals surface area contributed by atoms with Crippen LogP contribution in [-0.2, 0) is 40.8 Å². The standard InChI is InChI=1S/C57H69Cl3N4O4.C57H68Cl3N3O4S.BrH/c1-6-35-62(37-19-40-68-50-31-30-44(58)41-47(50)59)36-18-34-61-53(65)26-9-7-15-38-63-48-24-13-11-22-45(48)56(2,3)51(63)32-28-42-20-17-21-43(55(42)60)29-33-52-57(4,5)46-23-12-14-25-49(46)64(52)39-16-8-10-27-54(66)67;1-6-34-61(35-18-39-67-50-31-30-44(58)41-47(50)59)36-19-40-68-54(66)27-10-8-16-38-63-49-25-14-12-23-46(49)57(4,5)52(63)33-29-43-21-17-20-42(55(43)60)28-32-51-56(2,3)45-22-11-13-24-48(45)62(51)37-15-7-9-26-53(64)65;/h1,11-14,22-25,28-33,41H,7-10,15-21,26-27,34-40H2,2-5H3,(H-,61,65,66,67);1,11-14,22-25,28-33,41H,7-10,15-21,26-27,34-40H2,2-5H3;1H/p+1. The summed E-state index contributed by atoms with van der Waals surface area (Å²) in [6.45, 7) is 27.9. The van der Waals surface area contributed by atoms with E-state index in [2.05, 4.69) is 242 Å². The third kappa shape index (κ3) is 30.8. The lowest BCUT2D eigenvalue weighted by Gasteiger charge is -2.27. The van der Waals surface area contributed by atoms with Gasteiger partial charge in [0.15, 0.2) is 16.5 Å². The molecule has 0 saturated heterocycles. The number of allylic oxidation sites excluding steroid dienone is 16. The number of carbonyl (C=O) groups is 4. The van der Waals surface area contributed by atoms with E-state index in [1.165, 1.54) is 84.5 Å². The second-order valence-electron chi connectivity index (χ2n) is 38.4. The molecule has 0 radical (unpaired) electrons. The quantitative estimate of drug-likeness (QED) is 0.0189. The first kappa shape index (κ1) is 111. The van der Waals surface area contributed by atoms with E-state index < -0.39 is 11.9 Å². The third-order valence-electron chi connectivity index (χ3n) is 27.2. The Kier molecular flexibility index (Phi) is 44.1. The number of fused-ring (bicyclic) bond motifs is 4. The van der Waals surface area contributed by atoms with Gasteiger partial charge >= 0.3 is 5.97 Å². The zero-order chi connectivity index (χ0) is 97.4. The van der Waals surface area contributed by atoms with Crippen LogP contribution >= 0.6 is 81.4 Å². The van der Waals surface area contributed by atoms with Crippen molar-refractivity contribution in [2.75, 3.05) is 95.9 Å². The molecule has 0 spiro atoms. The number of carboxylic acids is 2. The minimum absolute atomic E-state index is 0. The van der Waals surface area contributed by atoms with Crippen LogP contribution < -0.4 is 46.7 Å². The molecule has 1 unspecified atom stereocenters. The summed E-state index contributed by atoms with van der Waals surface area (Å²) in [5, 5.41) is 27.3. The van der Waals surface area contributed by atoms with Gasteiger partial charge in [-0.1, -0.05) is 211 Å². The van der Waals surface area contributed by atoms with Crippen LogP contribution in [-0.4, -0.2) is 149 Å². The van der Waals surface area contributed by atoms with E-state index in [-0.39, 0.29) is 62.5 Å². The molecule has 732 valence electrons. The minimum Gasteiger partial charge on any atom is -1.00 e. The van der Waals surface area contributed by atoms with Gasteiger partial charge in [0.05, 0.1) is 59.1 Å². The van der Waals surface area contributed by atoms with Gasteiger partial charge in [-0.2, -0.15) is 9.15 Å². The Morgan fingerprint density at radius 3 is 1.55 bits per heavy atom. The molecular formula is C114H139BrCl6N7O8S+. The van der Waals surface area contributed by atoms with Crippen molar-refractivity contribution in [1.82, 2.24) is 15.1 Å². The van der Waals surface area contributed by atoms with Crippen molar-refractivity contribution >= 4 is 139 Å². The van der Waals surface area contributed by atoms with Gasteiger partial charge in [-0.05, 0) is 265 Å². The Bertz CT molecular complexity index is 5610. The van der Waals surface area contributed by atoms with Gasteiger partial charge in [-0.15, -0.1) is 12.8 Å². The molecule has 4 aliphatic heterocycles. The van der Waals surface area contributed by atoms with Gasteiger partial charge in [0.2, 0.25) is 17.3 Å². The molecule has 0 aromatic heterocycles. The smallest absolute Gasteiger partial charge is 0.303 e. The molecule has 23 heteroatoms. The maximum absolute atomic E-state index is 12.9. The Morgan fingerprint density at radius 2 is 1.00 bits per heavy atom. The van der Waals surface area contributed by atoms with Crippen LogP contribution in [0.25, 0.3) is 0 Å². The van der Waals surface area contributed by atoms with Gasteiger partial charge in [-0.3, -0.25) is 29.1 Å². The molecule has 6 aromatic carbocycles. The van der Waals surface area contributed by atoms with Crippen LogP contribution in [0.5, 0.6) is 11.5 Å². The van der Waals surface area contributed by atoms with E-state index in [4.69, 9.17) is 97.0 Å². The molecule has 0 saturated carbocycles. The molecular weight excluding hydrogens is 1920 g/mol. The fourth-order valence-corrected chi connectivity index (χ4v) is 22.2. The zero-order valence-electron chi connectivity index (χ0n) is 81.4. The number of benzene rings is 6. The Hall–Kier alpha value is -8.37. The fourth-order valence-electron chi connectivity index (χ4n) is 19.8. The average molecular weight is 2060 g/mol. The first-order valence-corrected chi connectivity index (χ1v) is 52.3. The molecule has 0 fully saturated rings. The molecule has 137 heavy (non-hydrogen) atoms. The third-order valence-corrected chi connectivity index (χ3v) is 30.2. The number of rotatable bonds is 50. The van der Waals surface area contributed by atoms with E-state index in [1.54, 1.807) is 36.4 Å². The van der Waals surface area contributed by atoms with E-state index in [1.807, 2.05) is 0 Å². The summed E-state index contributed by atoms with van der Waals surface area (Å²) in [7, 11) is 0. The van der Waals surface area contributed by atoms with Crippen molar-refractivity contribution in [3.05, 3.63) is 268 Å². The number of carbonyl (C=O) groups excluding carboxylic acids is 3. The van der Waals surface area contributed by atoms with Crippen LogP contribution in [0.4, 0.5) is 22.7 Å². The summed E-state index contributed by atoms with van der Waals surface area (Å²) < 4.78 is 16.6. The maximum Gasteiger partial charge on any atom is 0.303 e. The lowest BCUT2D eigenvalue weighted by Crippen LogP contribution is -3.04. The number of para-hydroxylation sites is 4. The second kappa shape index (κ2) is 54.6. The van der Waals surface area contributed by atoms with E-state index in [0.717, 1.165) is 219 Å². The summed E-state index contributed by atoms with van der Waals surface area (Å²) in [5.74, 6) is 5.90. The van der Waals surface area contributed by atoms with E-state index in [0.29, 0.717) is 90.1 Å². The summed E-state index contributed by atoms with van der Waals surface area (Å²) in [6.07, 6.45) is 50.5. The van der Waals surface area contributed by atoms with Crippen molar-refractivity contribution in [3.63, 3.8) is 0 Å². The van der Waals surface area contributed by atoms with Crippen LogP contribution in [0.15, 0.2) is 226 Å². The van der Waals surface area contributed by atoms with Gasteiger partial charge in [0.1, 0.15) is 36.0 Å². The number of carboxylic acid groups (broad SMARTS) is 2. The number of anilines is 1. The number of ether oxygens (including phenoxy) is 2. The topological polar surface area (TPSA) is 162 Å². The number of quaternary nitrogens is 1. The molecule has 1 amide bonds. The number of aliphatic carboxylic acids is 2. The van der Waals surface area contributed by atoms with Crippen LogP contribution in [0.1, 0.15) is 245 Å². The Morgan fingerprint density at radius 1 is 0.518 bits per heavy atom. The normalized spacial score (nSPS) is 17.8. The minimum atomic E-state index is -0.978. The number of terminal acetylenes is 2. The molecule has 2 aliphatic carbocycles. The zero-order valence-corrected chi connectivity index (χ0v) is 88.3. The first-order valence-electron chi connectivity index (χ1n) is 49.0. The number of hydrogen-bond acceptors (Lipinski definition) is 11. The largest absolute Gasteiger partial charge is 1.00 e. The highest BCUT2D eigenvalue weighted by Gasteiger charge is 2.48. The molecule has 0 bridgehead atoms. The van der Waals surface area contributed by atoms with Gasteiger partial charge in [-0.25, -0.2) is 0 Å². The number of hydrogen-bond donors (Lipinski definition) is 3. The number of nitrogens with zero attached hydrogens (tertiary/aromatic N) is 5. The molecule has 6 aliphatic rings. The lowest BCUT2D eigenvalue weighted by atomic mass is 9.81. The maximum atomic E-state index is 12.9. The number of amides is 1. The molecule has 12 rings (SSSR count). The summed E-state index contributed by atoms with van der Waals surface area (Å²) in [6, 6.07) is 45.2. The second-order valence-corrected chi connectivity index (χ2v) is 42.0. The molecule has 15 nitrogen and oxygen atoms in total. The predicted octanol–water partition coefficient (Wildman–Crippen LogP) is 22.2. The van der Waals surface area contributed by atoms with Crippen LogP contribution in [0, 0.1) is 24.7 Å². The van der Waals surface area contributed by atoms with Crippen molar-refractivity contribution in [2.45, 2.75) is 244 Å². The van der Waals surface area contributed by atoms with Crippen LogP contribution in [0.2, 0.25) is 20.1 Å². The average Bonchev–Trinajstić information content (AvgIpc) is 1.61. The highest BCUT2D eigenvalue weighted by atomic mass is 79.9. The van der Waals surface area contributed by atoms with E-state index in [9.17, 15) is 24.3 Å². The number of nitrogens with one attached hydrogen (secondary N) is 2. The Labute approximate surface area is 860 Å². The molecule has 3 N–H and O–H groups in total. The van der Waals surface area contributed by atoms with Crippen molar-refractivity contribution in [1.29, 1.82) is 0 Å². The number of thioether (sulfide) groups is 1. The van der Waals surface area contributed by atoms with Gasteiger partial charge in [0, 0.05) is 154 Å². The first-order chi connectivity index (χ1) is 65.4. The molecule has 1 atom stereocenters. The van der Waals surface area contributed by atoms with Crippen molar-refractivity contribution in [3.8, 4) is 36.2 Å². The van der Waals surface area contributed by atoms with E-state index >= 15 is 0 Å². The van der Waals surface area contributed by atoms with Gasteiger partial charge in [0.25, 0.3) is 0 Å². The predicted molar refractivity (Wildman–Crippen MR) is 564 cm³/mol. The summed E-state index contributed by atoms with van der Waals surface area (Å²) in [5.41, 5.74) is 19.3. The highest BCUT2D eigenvalue weighted by molar-refractivity contribution is 8.13. The number of halogens is 7. The Balaban J connectivity index is 0.000000281. The lowest BCUT2D eigenvalue weighted by molar-refractivity contribution is -0.789. The summed E-state index contributed by atoms with van der Waals surface area (Å²) >= 11 is 40.5.